The van der Waals surface area contributed by atoms with Gasteiger partial charge in [0.15, 0.2) is 5.75 Å². The van der Waals surface area contributed by atoms with Gasteiger partial charge in [-0.3, -0.25) is 9.80 Å². The SMILES string of the molecule is c1ncc(O[C@@H]2C[C@H]3CN(Cc4nccs4)CCN3C2)cn1. The number of nitrogens with zero attached hydrogens (tertiary/aromatic N) is 5. The summed E-state index contributed by atoms with van der Waals surface area (Å²) in [6.07, 6.45) is 8.20. The van der Waals surface area contributed by atoms with Gasteiger partial charge in [0.1, 0.15) is 17.4 Å². The number of rotatable bonds is 4. The van der Waals surface area contributed by atoms with Gasteiger partial charge < -0.3 is 4.74 Å². The largest absolute Gasteiger partial charge is 0.486 e. The van der Waals surface area contributed by atoms with E-state index in [4.69, 9.17) is 4.74 Å². The summed E-state index contributed by atoms with van der Waals surface area (Å²) in [5, 5.41) is 3.26. The number of ether oxygens (including phenoxy) is 1. The molecule has 0 aromatic carbocycles. The highest BCUT2D eigenvalue weighted by molar-refractivity contribution is 7.09. The highest BCUT2D eigenvalue weighted by Crippen LogP contribution is 2.26. The van der Waals surface area contributed by atoms with Crippen LogP contribution in [0.4, 0.5) is 0 Å². The van der Waals surface area contributed by atoms with E-state index in [0.29, 0.717) is 6.04 Å². The number of hydrogen-bond acceptors (Lipinski definition) is 7. The fourth-order valence-electron chi connectivity index (χ4n) is 3.35. The van der Waals surface area contributed by atoms with Crippen molar-refractivity contribution in [1.82, 2.24) is 24.8 Å². The predicted molar refractivity (Wildman–Crippen MR) is 83.8 cm³/mol. The molecule has 0 unspecified atom stereocenters. The van der Waals surface area contributed by atoms with Crippen LogP contribution in [0, 0.1) is 0 Å². The smallest absolute Gasteiger partial charge is 0.156 e. The van der Waals surface area contributed by atoms with E-state index in [9.17, 15) is 0 Å². The Balaban J connectivity index is 1.33. The van der Waals surface area contributed by atoms with Crippen LogP contribution in [0.2, 0.25) is 0 Å². The molecule has 22 heavy (non-hydrogen) atoms. The van der Waals surface area contributed by atoms with Gasteiger partial charge in [0.2, 0.25) is 0 Å². The van der Waals surface area contributed by atoms with Crippen LogP contribution in [0.3, 0.4) is 0 Å². The summed E-state index contributed by atoms with van der Waals surface area (Å²) in [5.41, 5.74) is 0. The minimum atomic E-state index is 0.246. The maximum Gasteiger partial charge on any atom is 0.156 e. The third-order valence-electron chi connectivity index (χ3n) is 4.34. The second-order valence-electron chi connectivity index (χ2n) is 5.86. The van der Waals surface area contributed by atoms with Crippen LogP contribution < -0.4 is 4.74 Å². The van der Waals surface area contributed by atoms with Crippen molar-refractivity contribution in [3.8, 4) is 5.75 Å². The van der Waals surface area contributed by atoms with E-state index in [1.54, 1.807) is 23.7 Å². The highest BCUT2D eigenvalue weighted by atomic mass is 32.1. The Kier molecular flexibility index (Phi) is 4.01. The summed E-state index contributed by atoms with van der Waals surface area (Å²) >= 11 is 1.74. The van der Waals surface area contributed by atoms with Gasteiger partial charge in [0.25, 0.3) is 0 Å². The molecule has 0 aliphatic carbocycles. The van der Waals surface area contributed by atoms with Gasteiger partial charge in [-0.25, -0.2) is 15.0 Å². The van der Waals surface area contributed by atoms with Crippen molar-refractivity contribution < 1.29 is 4.74 Å². The van der Waals surface area contributed by atoms with Crippen LogP contribution >= 0.6 is 11.3 Å². The molecule has 0 radical (unpaired) electrons. The molecule has 116 valence electrons. The molecule has 0 spiro atoms. The Morgan fingerprint density at radius 2 is 2.14 bits per heavy atom. The van der Waals surface area contributed by atoms with E-state index >= 15 is 0 Å². The molecule has 4 rings (SSSR count). The molecule has 0 amide bonds. The zero-order valence-corrected chi connectivity index (χ0v) is 13.2. The Bertz CT molecular complexity index is 593. The standard InChI is InChI=1S/C15H19N5OS/c1-4-22-15(18-1)10-19-2-3-20-9-13(5-12(20)8-19)21-14-6-16-11-17-7-14/h1,4,6-7,11-13H,2-3,5,8-10H2/t12-,13+/m0/s1. The summed E-state index contributed by atoms with van der Waals surface area (Å²) in [7, 11) is 0. The van der Waals surface area contributed by atoms with Crippen molar-refractivity contribution in [2.24, 2.45) is 0 Å². The topological polar surface area (TPSA) is 54.4 Å². The van der Waals surface area contributed by atoms with Crippen LogP contribution in [-0.4, -0.2) is 63.1 Å². The van der Waals surface area contributed by atoms with Crippen LogP contribution in [0.15, 0.2) is 30.3 Å². The summed E-state index contributed by atoms with van der Waals surface area (Å²) in [5.74, 6) is 0.770. The average Bonchev–Trinajstić information content (AvgIpc) is 3.17. The Labute approximate surface area is 133 Å². The zero-order chi connectivity index (χ0) is 14.8. The first-order chi connectivity index (χ1) is 10.9. The summed E-state index contributed by atoms with van der Waals surface area (Å²) in [6.45, 7) is 5.30. The molecule has 6 nitrogen and oxygen atoms in total. The second kappa shape index (κ2) is 6.28. The van der Waals surface area contributed by atoms with Gasteiger partial charge >= 0.3 is 0 Å². The lowest BCUT2D eigenvalue weighted by Gasteiger charge is -2.36. The third-order valence-corrected chi connectivity index (χ3v) is 5.11. The van der Waals surface area contributed by atoms with Crippen LogP contribution in [-0.2, 0) is 6.54 Å². The van der Waals surface area contributed by atoms with Gasteiger partial charge in [-0.15, -0.1) is 11.3 Å². The Morgan fingerprint density at radius 3 is 2.95 bits per heavy atom. The molecular formula is C15H19N5OS. The van der Waals surface area contributed by atoms with E-state index in [0.717, 1.165) is 44.9 Å². The molecule has 2 aliphatic heterocycles. The van der Waals surface area contributed by atoms with Crippen molar-refractivity contribution in [1.29, 1.82) is 0 Å². The van der Waals surface area contributed by atoms with Crippen molar-refractivity contribution in [3.63, 3.8) is 0 Å². The lowest BCUT2D eigenvalue weighted by Crippen LogP contribution is -2.49. The number of fused-ring (bicyclic) bond motifs is 1. The number of thiazole rings is 1. The van der Waals surface area contributed by atoms with E-state index in [-0.39, 0.29) is 6.10 Å². The van der Waals surface area contributed by atoms with Crippen molar-refractivity contribution in [2.45, 2.75) is 25.1 Å². The molecule has 2 atom stereocenters. The van der Waals surface area contributed by atoms with Crippen molar-refractivity contribution in [3.05, 3.63) is 35.3 Å². The predicted octanol–water partition coefficient (Wildman–Crippen LogP) is 1.27. The zero-order valence-electron chi connectivity index (χ0n) is 12.3. The molecule has 2 aliphatic rings. The molecule has 4 heterocycles. The molecule has 2 saturated heterocycles. The molecule has 2 fully saturated rings. The van der Waals surface area contributed by atoms with E-state index in [2.05, 4.69) is 24.8 Å². The minimum absolute atomic E-state index is 0.246. The first kappa shape index (κ1) is 14.0. The van der Waals surface area contributed by atoms with E-state index < -0.39 is 0 Å². The lowest BCUT2D eigenvalue weighted by atomic mass is 10.1. The van der Waals surface area contributed by atoms with Gasteiger partial charge in [-0.1, -0.05) is 0 Å². The number of piperazine rings is 1. The normalized spacial score (nSPS) is 26.0. The molecule has 2 aromatic rings. The minimum Gasteiger partial charge on any atom is -0.486 e. The van der Waals surface area contributed by atoms with Gasteiger partial charge in [-0.2, -0.15) is 0 Å². The van der Waals surface area contributed by atoms with Gasteiger partial charge in [0.05, 0.1) is 18.9 Å². The fraction of sp³-hybridized carbons (Fsp3) is 0.533. The fourth-order valence-corrected chi connectivity index (χ4v) is 4.01. The highest BCUT2D eigenvalue weighted by Gasteiger charge is 2.37. The number of aromatic nitrogens is 3. The quantitative estimate of drug-likeness (QED) is 0.846. The summed E-state index contributed by atoms with van der Waals surface area (Å²) in [4.78, 5) is 17.5. The Hall–Kier alpha value is -1.57. The molecule has 7 heteroatoms. The van der Waals surface area contributed by atoms with Gasteiger partial charge in [0, 0.05) is 50.2 Å². The molecular weight excluding hydrogens is 298 g/mol. The Morgan fingerprint density at radius 1 is 1.23 bits per heavy atom. The van der Waals surface area contributed by atoms with Gasteiger partial charge in [-0.05, 0) is 0 Å². The average molecular weight is 317 g/mol. The van der Waals surface area contributed by atoms with Crippen LogP contribution in [0.1, 0.15) is 11.4 Å². The summed E-state index contributed by atoms with van der Waals surface area (Å²) in [6, 6.07) is 0.586. The monoisotopic (exact) mass is 317 g/mol. The second-order valence-corrected chi connectivity index (χ2v) is 6.84. The molecule has 0 saturated carbocycles. The maximum absolute atomic E-state index is 6.01. The first-order valence-corrected chi connectivity index (χ1v) is 8.51. The summed E-state index contributed by atoms with van der Waals surface area (Å²) < 4.78 is 6.01. The van der Waals surface area contributed by atoms with Crippen LogP contribution in [0.5, 0.6) is 5.75 Å². The molecule has 0 bridgehead atoms. The molecule has 0 N–H and O–H groups in total. The van der Waals surface area contributed by atoms with E-state index in [1.807, 2.05) is 11.6 Å². The van der Waals surface area contributed by atoms with Crippen molar-refractivity contribution in [2.75, 3.05) is 26.2 Å². The maximum atomic E-state index is 6.01. The molecule has 2 aromatic heterocycles. The lowest BCUT2D eigenvalue weighted by molar-refractivity contribution is 0.0977. The van der Waals surface area contributed by atoms with Crippen LogP contribution in [0.25, 0.3) is 0 Å². The van der Waals surface area contributed by atoms with Crippen molar-refractivity contribution >= 4 is 11.3 Å². The third kappa shape index (κ3) is 3.11. The number of hydrogen-bond donors (Lipinski definition) is 0. The van der Waals surface area contributed by atoms with E-state index in [1.165, 1.54) is 11.3 Å². The first-order valence-electron chi connectivity index (χ1n) is 7.63.